The van der Waals surface area contributed by atoms with E-state index in [4.69, 9.17) is 0 Å². The summed E-state index contributed by atoms with van der Waals surface area (Å²) in [6.45, 7) is 6.66. The van der Waals surface area contributed by atoms with Gasteiger partial charge in [-0.3, -0.25) is 4.79 Å². The summed E-state index contributed by atoms with van der Waals surface area (Å²) in [6.07, 6.45) is 0.994. The molecule has 1 heterocycles. The summed E-state index contributed by atoms with van der Waals surface area (Å²) >= 11 is 1.52. The molecule has 1 atom stereocenters. The van der Waals surface area contributed by atoms with Crippen molar-refractivity contribution in [2.24, 2.45) is 11.3 Å². The minimum Gasteiger partial charge on any atom is -0.349 e. The number of rotatable bonds is 3. The van der Waals surface area contributed by atoms with E-state index in [1.165, 1.54) is 11.3 Å². The fourth-order valence-corrected chi connectivity index (χ4v) is 2.26. The second-order valence-corrected chi connectivity index (χ2v) is 5.94. The van der Waals surface area contributed by atoms with Crippen molar-refractivity contribution in [3.8, 4) is 0 Å². The van der Waals surface area contributed by atoms with E-state index < -0.39 is 0 Å². The Kier molecular flexibility index (Phi) is 2.50. The standard InChI is InChI=1S/C10H15N3OS/c1-6-12-13-8(15-6)5-11-9(14)7-4-10(7,2)3/h7H,4-5H2,1-3H3,(H,11,14). The number of carbonyl (C=O) groups excluding carboxylic acids is 1. The largest absolute Gasteiger partial charge is 0.349 e. The van der Waals surface area contributed by atoms with Gasteiger partial charge in [-0.1, -0.05) is 25.2 Å². The Morgan fingerprint density at radius 1 is 1.60 bits per heavy atom. The van der Waals surface area contributed by atoms with Gasteiger partial charge in [0.1, 0.15) is 10.0 Å². The van der Waals surface area contributed by atoms with Crippen LogP contribution >= 0.6 is 11.3 Å². The van der Waals surface area contributed by atoms with E-state index in [-0.39, 0.29) is 17.2 Å². The van der Waals surface area contributed by atoms with E-state index in [9.17, 15) is 4.79 Å². The van der Waals surface area contributed by atoms with E-state index >= 15 is 0 Å². The Labute approximate surface area is 93.1 Å². The van der Waals surface area contributed by atoms with Gasteiger partial charge in [0.15, 0.2) is 0 Å². The van der Waals surface area contributed by atoms with Crippen LogP contribution in [0.4, 0.5) is 0 Å². The number of nitrogens with one attached hydrogen (secondary N) is 1. The van der Waals surface area contributed by atoms with Crippen LogP contribution in [0.15, 0.2) is 0 Å². The molecule has 1 aromatic rings. The fraction of sp³-hybridized carbons (Fsp3) is 0.700. The van der Waals surface area contributed by atoms with Gasteiger partial charge in [0.25, 0.3) is 0 Å². The van der Waals surface area contributed by atoms with Crippen molar-refractivity contribution in [2.75, 3.05) is 0 Å². The first-order chi connectivity index (χ1) is 6.99. The van der Waals surface area contributed by atoms with Crippen LogP contribution in [0, 0.1) is 18.3 Å². The van der Waals surface area contributed by atoms with Gasteiger partial charge in [0.05, 0.1) is 6.54 Å². The molecule has 1 unspecified atom stereocenters. The lowest BCUT2D eigenvalue weighted by atomic mass is 10.1. The number of hydrogen-bond donors (Lipinski definition) is 1. The van der Waals surface area contributed by atoms with Crippen LogP contribution in [0.1, 0.15) is 30.3 Å². The molecule has 5 heteroatoms. The van der Waals surface area contributed by atoms with Gasteiger partial charge in [0, 0.05) is 5.92 Å². The lowest BCUT2D eigenvalue weighted by Crippen LogP contribution is -2.25. The molecule has 15 heavy (non-hydrogen) atoms. The van der Waals surface area contributed by atoms with Gasteiger partial charge in [-0.2, -0.15) is 0 Å². The predicted molar refractivity (Wildman–Crippen MR) is 58.4 cm³/mol. The third-order valence-electron chi connectivity index (χ3n) is 2.81. The normalized spacial score (nSPS) is 22.5. The van der Waals surface area contributed by atoms with E-state index in [1.807, 2.05) is 6.92 Å². The quantitative estimate of drug-likeness (QED) is 0.848. The van der Waals surface area contributed by atoms with Gasteiger partial charge >= 0.3 is 0 Å². The van der Waals surface area contributed by atoms with Crippen LogP contribution in [0.25, 0.3) is 0 Å². The van der Waals surface area contributed by atoms with Crippen LogP contribution in [0.3, 0.4) is 0 Å². The number of nitrogens with zero attached hydrogens (tertiary/aromatic N) is 2. The summed E-state index contributed by atoms with van der Waals surface area (Å²) < 4.78 is 0. The van der Waals surface area contributed by atoms with E-state index in [0.717, 1.165) is 16.4 Å². The minimum atomic E-state index is 0.146. The molecule has 0 saturated heterocycles. The molecule has 0 aromatic carbocycles. The highest BCUT2D eigenvalue weighted by atomic mass is 32.1. The Bertz CT molecular complexity index is 386. The summed E-state index contributed by atoms with van der Waals surface area (Å²) in [5, 5.41) is 12.6. The molecule has 0 spiro atoms. The van der Waals surface area contributed by atoms with Crippen LogP contribution in [-0.4, -0.2) is 16.1 Å². The Hall–Kier alpha value is -0.970. The van der Waals surface area contributed by atoms with Crippen molar-refractivity contribution in [2.45, 2.75) is 33.7 Å². The first-order valence-corrected chi connectivity index (χ1v) is 5.87. The van der Waals surface area contributed by atoms with Crippen molar-refractivity contribution in [3.63, 3.8) is 0 Å². The molecular weight excluding hydrogens is 210 g/mol. The zero-order valence-electron chi connectivity index (χ0n) is 9.20. The molecule has 1 aromatic heterocycles. The first kappa shape index (κ1) is 10.5. The van der Waals surface area contributed by atoms with Gasteiger partial charge in [-0.15, -0.1) is 10.2 Å². The molecule has 1 aliphatic rings. The molecule has 4 nitrogen and oxygen atoms in total. The second kappa shape index (κ2) is 3.56. The SMILES string of the molecule is Cc1nnc(CNC(=O)C2CC2(C)C)s1. The maximum absolute atomic E-state index is 11.6. The second-order valence-electron chi connectivity index (χ2n) is 4.68. The highest BCUT2D eigenvalue weighted by molar-refractivity contribution is 7.11. The van der Waals surface area contributed by atoms with Crippen molar-refractivity contribution in [1.82, 2.24) is 15.5 Å². The molecule has 2 rings (SSSR count). The minimum absolute atomic E-state index is 0.146. The summed E-state index contributed by atoms with van der Waals surface area (Å²) in [4.78, 5) is 11.6. The molecule has 0 bridgehead atoms. The number of amides is 1. The first-order valence-electron chi connectivity index (χ1n) is 5.06. The zero-order chi connectivity index (χ0) is 11.1. The van der Waals surface area contributed by atoms with Crippen LogP contribution < -0.4 is 5.32 Å². The average Bonchev–Trinajstić information content (AvgIpc) is 2.59. The van der Waals surface area contributed by atoms with Gasteiger partial charge in [0.2, 0.25) is 5.91 Å². The highest BCUT2D eigenvalue weighted by Gasteiger charge is 2.50. The van der Waals surface area contributed by atoms with Crippen molar-refractivity contribution < 1.29 is 4.79 Å². The zero-order valence-corrected chi connectivity index (χ0v) is 10.0. The third-order valence-corrected chi connectivity index (χ3v) is 3.65. The van der Waals surface area contributed by atoms with E-state index in [0.29, 0.717) is 6.54 Å². The summed E-state index contributed by atoms with van der Waals surface area (Å²) in [5.41, 5.74) is 0.196. The molecule has 1 fully saturated rings. The molecule has 1 aliphatic carbocycles. The molecule has 82 valence electrons. The molecule has 1 amide bonds. The Morgan fingerprint density at radius 2 is 2.27 bits per heavy atom. The maximum atomic E-state index is 11.6. The van der Waals surface area contributed by atoms with Gasteiger partial charge in [-0.05, 0) is 18.8 Å². The summed E-state index contributed by atoms with van der Waals surface area (Å²) in [6, 6.07) is 0. The molecule has 0 radical (unpaired) electrons. The monoisotopic (exact) mass is 225 g/mol. The van der Waals surface area contributed by atoms with E-state index in [1.54, 1.807) is 0 Å². The summed E-state index contributed by atoms with van der Waals surface area (Å²) in [5.74, 6) is 0.333. The smallest absolute Gasteiger partial charge is 0.224 e. The highest BCUT2D eigenvalue weighted by Crippen LogP contribution is 2.51. The van der Waals surface area contributed by atoms with Gasteiger partial charge in [-0.25, -0.2) is 0 Å². The average molecular weight is 225 g/mol. The van der Waals surface area contributed by atoms with Gasteiger partial charge < -0.3 is 5.32 Å². The van der Waals surface area contributed by atoms with Crippen molar-refractivity contribution >= 4 is 17.2 Å². The number of hydrogen-bond acceptors (Lipinski definition) is 4. The fourth-order valence-electron chi connectivity index (χ4n) is 1.61. The van der Waals surface area contributed by atoms with Crippen LogP contribution in [0.5, 0.6) is 0 Å². The molecule has 0 aliphatic heterocycles. The topological polar surface area (TPSA) is 54.9 Å². The molecule has 1 N–H and O–H groups in total. The number of carbonyl (C=O) groups is 1. The molecule has 1 saturated carbocycles. The molecular formula is C10H15N3OS. The number of aromatic nitrogens is 2. The Balaban J connectivity index is 1.82. The predicted octanol–water partition coefficient (Wildman–Crippen LogP) is 1.51. The number of aryl methyl sites for hydroxylation is 1. The summed E-state index contributed by atoms with van der Waals surface area (Å²) in [7, 11) is 0. The van der Waals surface area contributed by atoms with Crippen molar-refractivity contribution in [3.05, 3.63) is 10.0 Å². The Morgan fingerprint density at radius 3 is 2.73 bits per heavy atom. The maximum Gasteiger partial charge on any atom is 0.224 e. The third kappa shape index (κ3) is 2.34. The lowest BCUT2D eigenvalue weighted by Gasteiger charge is -2.03. The van der Waals surface area contributed by atoms with Crippen molar-refractivity contribution in [1.29, 1.82) is 0 Å². The van der Waals surface area contributed by atoms with Crippen LogP contribution in [-0.2, 0) is 11.3 Å². The van der Waals surface area contributed by atoms with E-state index in [2.05, 4.69) is 29.4 Å². The lowest BCUT2D eigenvalue weighted by molar-refractivity contribution is -0.123. The van der Waals surface area contributed by atoms with Crippen LogP contribution in [0.2, 0.25) is 0 Å².